The number of nitrogens with two attached hydrogens (primary N) is 2. The largest absolute Gasteiger partial charge is 0.397 e. The van der Waals surface area contributed by atoms with Crippen LogP contribution < -0.4 is 21.5 Å². The number of fused-ring (bicyclic) bond motifs is 3. The first-order valence-electron chi connectivity index (χ1n) is 7.97. The maximum Gasteiger partial charge on any atom is 0.225 e. The van der Waals surface area contributed by atoms with Crippen molar-refractivity contribution in [2.24, 2.45) is 0 Å². The van der Waals surface area contributed by atoms with Crippen molar-refractivity contribution >= 4 is 56.3 Å². The van der Waals surface area contributed by atoms with Crippen LogP contribution in [0.2, 0.25) is 5.02 Å². The zero-order valence-electron chi connectivity index (χ0n) is 13.8. The molecule has 0 fully saturated rings. The van der Waals surface area contributed by atoms with E-state index in [-0.39, 0.29) is 40.0 Å². The summed E-state index contributed by atoms with van der Waals surface area (Å²) in [6.07, 6.45) is 0.178. The fraction of sp³-hybridized carbons (Fsp3) is 0.111. The van der Waals surface area contributed by atoms with Crippen LogP contribution >= 0.6 is 22.9 Å². The number of halogens is 1. The molecule has 0 spiro atoms. The van der Waals surface area contributed by atoms with E-state index in [1.54, 1.807) is 6.07 Å². The molecule has 0 bridgehead atoms. The highest BCUT2D eigenvalue weighted by atomic mass is 35.5. The van der Waals surface area contributed by atoms with Gasteiger partial charge in [0.15, 0.2) is 0 Å². The normalized spacial score (nSPS) is 15.9. The number of anilines is 3. The molecule has 27 heavy (non-hydrogen) atoms. The van der Waals surface area contributed by atoms with Crippen LogP contribution in [-0.4, -0.2) is 10.9 Å². The predicted octanol–water partition coefficient (Wildman–Crippen LogP) is 2.94. The lowest BCUT2D eigenvalue weighted by molar-refractivity contribution is -0.116. The van der Waals surface area contributed by atoms with Gasteiger partial charge in [0.2, 0.25) is 5.91 Å². The van der Waals surface area contributed by atoms with E-state index in [2.05, 4.69) is 10.3 Å². The topological polar surface area (TPSA) is 142 Å². The summed E-state index contributed by atoms with van der Waals surface area (Å²) in [6.45, 7) is 0. The highest BCUT2D eigenvalue weighted by Crippen LogP contribution is 2.44. The van der Waals surface area contributed by atoms with Gasteiger partial charge < -0.3 is 16.8 Å². The van der Waals surface area contributed by atoms with Gasteiger partial charge in [-0.3, -0.25) is 10.2 Å². The van der Waals surface area contributed by atoms with Crippen LogP contribution in [0.5, 0.6) is 0 Å². The van der Waals surface area contributed by atoms with E-state index in [1.807, 2.05) is 24.3 Å². The molecule has 0 unspecified atom stereocenters. The minimum atomic E-state index is -0.360. The average molecular weight is 397 g/mol. The molecule has 3 heterocycles. The molecule has 6 N–H and O–H groups in total. The SMILES string of the molecule is N#Cc1c(N)nc2c3c(sc(=N)c2c1N)NC(=O)C[C@H]3c1ccccc1Cl. The Hall–Kier alpha value is -3.15. The molecule has 0 aliphatic carbocycles. The van der Waals surface area contributed by atoms with Gasteiger partial charge in [0.25, 0.3) is 0 Å². The number of nitrogens with one attached hydrogen (secondary N) is 2. The number of carbonyl (C=O) groups is 1. The summed E-state index contributed by atoms with van der Waals surface area (Å²) in [7, 11) is 0. The highest BCUT2D eigenvalue weighted by molar-refractivity contribution is 7.14. The van der Waals surface area contributed by atoms with Crippen LogP contribution in [0.3, 0.4) is 0 Å². The van der Waals surface area contributed by atoms with Crippen molar-refractivity contribution in [2.45, 2.75) is 12.3 Å². The third-order valence-corrected chi connectivity index (χ3v) is 5.86. The van der Waals surface area contributed by atoms with Gasteiger partial charge in [0.1, 0.15) is 27.1 Å². The van der Waals surface area contributed by atoms with Crippen molar-refractivity contribution in [3.05, 3.63) is 50.6 Å². The van der Waals surface area contributed by atoms with E-state index in [9.17, 15) is 10.1 Å². The van der Waals surface area contributed by atoms with Gasteiger partial charge >= 0.3 is 0 Å². The van der Waals surface area contributed by atoms with E-state index in [0.717, 1.165) is 16.9 Å². The van der Waals surface area contributed by atoms with Gasteiger partial charge in [0, 0.05) is 22.9 Å². The summed E-state index contributed by atoms with van der Waals surface area (Å²) in [5, 5.41) is 21.9. The van der Waals surface area contributed by atoms with Gasteiger partial charge in [-0.1, -0.05) is 41.1 Å². The van der Waals surface area contributed by atoms with Gasteiger partial charge in [0.05, 0.1) is 16.6 Å². The lowest BCUT2D eigenvalue weighted by Crippen LogP contribution is -2.25. The number of rotatable bonds is 1. The molecule has 0 saturated heterocycles. The number of pyridine rings is 1. The monoisotopic (exact) mass is 396 g/mol. The van der Waals surface area contributed by atoms with Crippen molar-refractivity contribution in [3.8, 4) is 6.07 Å². The minimum absolute atomic E-state index is 0.00453. The Kier molecular flexibility index (Phi) is 3.98. The molecule has 9 heteroatoms. The molecule has 7 nitrogen and oxygen atoms in total. The third-order valence-electron chi connectivity index (χ3n) is 4.58. The summed E-state index contributed by atoms with van der Waals surface area (Å²) in [6, 6.07) is 9.22. The molecule has 0 saturated carbocycles. The summed E-state index contributed by atoms with van der Waals surface area (Å²) >= 11 is 7.46. The Morgan fingerprint density at radius 1 is 1.37 bits per heavy atom. The van der Waals surface area contributed by atoms with Crippen molar-refractivity contribution in [1.29, 1.82) is 10.7 Å². The Bertz CT molecular complexity index is 1230. The van der Waals surface area contributed by atoms with Gasteiger partial charge in [-0.15, -0.1) is 0 Å². The second kappa shape index (κ2) is 6.23. The first kappa shape index (κ1) is 17.3. The number of nitrogen functional groups attached to an aromatic ring is 2. The molecule has 1 atom stereocenters. The molecule has 3 aromatic rings. The van der Waals surface area contributed by atoms with E-state index in [4.69, 9.17) is 28.5 Å². The number of hydrogen-bond donors (Lipinski definition) is 4. The van der Waals surface area contributed by atoms with E-state index in [1.165, 1.54) is 0 Å². The Morgan fingerprint density at radius 2 is 2.11 bits per heavy atom. The quantitative estimate of drug-likeness (QED) is 0.500. The number of hydrogen-bond acceptors (Lipinski definition) is 7. The zero-order chi connectivity index (χ0) is 19.3. The highest BCUT2D eigenvalue weighted by Gasteiger charge is 2.32. The summed E-state index contributed by atoms with van der Waals surface area (Å²) in [5.41, 5.74) is 14.2. The van der Waals surface area contributed by atoms with E-state index in [0.29, 0.717) is 26.5 Å². The number of aromatic nitrogens is 1. The van der Waals surface area contributed by atoms with Crippen molar-refractivity contribution in [3.63, 3.8) is 0 Å². The fourth-order valence-corrected chi connectivity index (χ4v) is 4.68. The molecular weight excluding hydrogens is 384 g/mol. The maximum absolute atomic E-state index is 12.3. The summed E-state index contributed by atoms with van der Waals surface area (Å²) < 4.78 is 0.102. The molecule has 1 aliphatic rings. The number of benzene rings is 1. The molecule has 134 valence electrons. The third kappa shape index (κ3) is 2.60. The lowest BCUT2D eigenvalue weighted by Gasteiger charge is -2.27. The number of nitriles is 1. The predicted molar refractivity (Wildman–Crippen MR) is 106 cm³/mol. The van der Waals surface area contributed by atoms with Crippen LogP contribution in [0.4, 0.5) is 16.5 Å². The average Bonchev–Trinajstić information content (AvgIpc) is 2.61. The Labute approximate surface area is 162 Å². The second-order valence-corrected chi connectivity index (χ2v) is 7.55. The first-order chi connectivity index (χ1) is 12.9. The Morgan fingerprint density at radius 3 is 2.81 bits per heavy atom. The van der Waals surface area contributed by atoms with Crippen molar-refractivity contribution < 1.29 is 4.79 Å². The summed E-state index contributed by atoms with van der Waals surface area (Å²) in [5.74, 6) is -0.534. The molecule has 1 aliphatic heterocycles. The first-order valence-corrected chi connectivity index (χ1v) is 9.16. The zero-order valence-corrected chi connectivity index (χ0v) is 15.4. The van der Waals surface area contributed by atoms with Crippen molar-refractivity contribution in [2.75, 3.05) is 16.8 Å². The molecular formula is C18H13ClN6OS. The number of carbonyl (C=O) groups excluding carboxylic acids is 1. The van der Waals surface area contributed by atoms with Crippen LogP contribution in [0.25, 0.3) is 10.9 Å². The maximum atomic E-state index is 12.3. The van der Waals surface area contributed by atoms with Crippen LogP contribution in [0.1, 0.15) is 29.0 Å². The van der Waals surface area contributed by atoms with Gasteiger partial charge in [-0.25, -0.2) is 4.98 Å². The second-order valence-electron chi connectivity index (χ2n) is 6.12. The molecule has 4 rings (SSSR count). The van der Waals surface area contributed by atoms with Gasteiger partial charge in [-0.2, -0.15) is 5.26 Å². The Balaban J connectivity index is 2.14. The molecule has 2 aromatic heterocycles. The number of nitrogens with zero attached hydrogens (tertiary/aromatic N) is 2. The van der Waals surface area contributed by atoms with E-state index < -0.39 is 0 Å². The summed E-state index contributed by atoms with van der Waals surface area (Å²) in [4.78, 5) is 16.7. The fourth-order valence-electron chi connectivity index (χ4n) is 3.39. The van der Waals surface area contributed by atoms with Crippen LogP contribution in [0.15, 0.2) is 24.3 Å². The van der Waals surface area contributed by atoms with Crippen LogP contribution in [0, 0.1) is 16.7 Å². The van der Waals surface area contributed by atoms with Gasteiger partial charge in [-0.05, 0) is 11.6 Å². The minimum Gasteiger partial charge on any atom is -0.397 e. The molecule has 0 radical (unpaired) electrons. The molecule has 1 amide bonds. The van der Waals surface area contributed by atoms with Crippen LogP contribution in [-0.2, 0) is 4.79 Å². The van der Waals surface area contributed by atoms with E-state index >= 15 is 0 Å². The number of amides is 1. The standard InChI is InChI=1S/C18H13ClN6OS/c19-10-4-2-1-3-7(10)8-5-11(26)24-18-12(8)15-13(17(23)27-18)14(21)9(6-20)16(22)25-15/h1-4,8,23H,5H2,(H,24,26)(H4,21,22,25)/t8-/m0/s1. The smallest absolute Gasteiger partial charge is 0.225 e. The molecule has 1 aromatic carbocycles. The van der Waals surface area contributed by atoms with Crippen molar-refractivity contribution in [1.82, 2.24) is 4.98 Å². The lowest BCUT2D eigenvalue weighted by atomic mass is 9.86.